The minimum absolute atomic E-state index is 0.158. The van der Waals surface area contributed by atoms with Crippen molar-refractivity contribution in [2.75, 3.05) is 11.3 Å². The van der Waals surface area contributed by atoms with Crippen molar-refractivity contribution in [3.05, 3.63) is 72.3 Å². The quantitative estimate of drug-likeness (QED) is 0.690. The second-order valence-corrected chi connectivity index (χ2v) is 7.71. The first-order chi connectivity index (χ1) is 12.4. The highest BCUT2D eigenvalue weighted by Gasteiger charge is 2.18. The average Bonchev–Trinajstić information content (AvgIpc) is 2.65. The van der Waals surface area contributed by atoms with Gasteiger partial charge >= 0.3 is 0 Å². The number of amides is 1. The van der Waals surface area contributed by atoms with E-state index in [1.807, 2.05) is 12.1 Å². The molecule has 2 rings (SSSR count). The molecule has 0 aliphatic carbocycles. The smallest absolute Gasteiger partial charge is 0.261 e. The summed E-state index contributed by atoms with van der Waals surface area (Å²) in [6.07, 6.45) is 2.54. The molecular formula is C20H24N2O3S. The van der Waals surface area contributed by atoms with Crippen molar-refractivity contribution in [3.8, 4) is 0 Å². The topological polar surface area (TPSA) is 75.3 Å². The second kappa shape index (κ2) is 8.67. The highest BCUT2D eigenvalue weighted by Crippen LogP contribution is 2.23. The number of anilines is 1. The van der Waals surface area contributed by atoms with Gasteiger partial charge in [0.2, 0.25) is 0 Å². The van der Waals surface area contributed by atoms with Gasteiger partial charge in [0, 0.05) is 6.54 Å². The summed E-state index contributed by atoms with van der Waals surface area (Å²) in [4.78, 5) is 12.4. The number of hydrogen-bond donors (Lipinski definition) is 2. The van der Waals surface area contributed by atoms with Gasteiger partial charge in [-0.15, -0.1) is 6.58 Å². The van der Waals surface area contributed by atoms with Gasteiger partial charge in [0.15, 0.2) is 0 Å². The van der Waals surface area contributed by atoms with Gasteiger partial charge in [-0.2, -0.15) is 0 Å². The molecule has 0 fully saturated rings. The normalized spacial score (nSPS) is 12.2. The monoisotopic (exact) mass is 372 g/mol. The summed E-state index contributed by atoms with van der Waals surface area (Å²) in [5.74, 6) is 0.00399. The number of hydrogen-bond acceptors (Lipinski definition) is 3. The van der Waals surface area contributed by atoms with Crippen LogP contribution in [0.15, 0.2) is 66.1 Å². The minimum atomic E-state index is -3.79. The molecule has 0 spiro atoms. The lowest BCUT2D eigenvalue weighted by Crippen LogP contribution is -2.25. The molecule has 1 unspecified atom stereocenters. The standard InChI is InChI=1S/C20H24N2O3S/c1-4-14-21-20(23)18-8-6-7-9-19(18)22-26(24,25)17-12-10-16(11-13-17)15(3)5-2/h4,6-13,15,22H,1,5,14H2,2-3H3,(H,21,23). The van der Waals surface area contributed by atoms with Gasteiger partial charge in [0.1, 0.15) is 0 Å². The van der Waals surface area contributed by atoms with E-state index in [4.69, 9.17) is 0 Å². The number of rotatable bonds is 8. The highest BCUT2D eigenvalue weighted by atomic mass is 32.2. The van der Waals surface area contributed by atoms with E-state index in [2.05, 4.69) is 30.5 Å². The lowest BCUT2D eigenvalue weighted by atomic mass is 9.99. The highest BCUT2D eigenvalue weighted by molar-refractivity contribution is 7.92. The van der Waals surface area contributed by atoms with Crippen molar-refractivity contribution in [1.29, 1.82) is 0 Å². The van der Waals surface area contributed by atoms with Gasteiger partial charge in [-0.05, 0) is 42.2 Å². The van der Waals surface area contributed by atoms with Crippen molar-refractivity contribution < 1.29 is 13.2 Å². The maximum absolute atomic E-state index is 12.7. The SMILES string of the molecule is C=CCNC(=O)c1ccccc1NS(=O)(=O)c1ccc(C(C)CC)cc1. The molecular weight excluding hydrogens is 348 g/mol. The van der Waals surface area contributed by atoms with E-state index in [1.165, 1.54) is 0 Å². The van der Waals surface area contributed by atoms with Crippen molar-refractivity contribution in [2.45, 2.75) is 31.1 Å². The number of benzene rings is 2. The Kier molecular flexibility index (Phi) is 6.58. The molecule has 2 aromatic rings. The Morgan fingerprint density at radius 1 is 1.15 bits per heavy atom. The van der Waals surface area contributed by atoms with E-state index in [1.54, 1.807) is 42.5 Å². The maximum atomic E-state index is 12.7. The van der Waals surface area contributed by atoms with Crippen LogP contribution >= 0.6 is 0 Å². The van der Waals surface area contributed by atoms with Crippen molar-refractivity contribution in [3.63, 3.8) is 0 Å². The summed E-state index contributed by atoms with van der Waals surface area (Å²) in [5.41, 5.74) is 1.59. The van der Waals surface area contributed by atoms with E-state index in [0.29, 0.717) is 12.5 Å². The van der Waals surface area contributed by atoms with Crippen LogP contribution in [0.25, 0.3) is 0 Å². The third-order valence-corrected chi connectivity index (χ3v) is 5.58. The average molecular weight is 372 g/mol. The fourth-order valence-electron chi connectivity index (χ4n) is 2.45. The lowest BCUT2D eigenvalue weighted by molar-refractivity contribution is 0.0959. The molecule has 0 saturated carbocycles. The van der Waals surface area contributed by atoms with Crippen LogP contribution in [0.1, 0.15) is 42.1 Å². The molecule has 0 aromatic heterocycles. The van der Waals surface area contributed by atoms with Crippen molar-refractivity contribution >= 4 is 21.6 Å². The zero-order valence-electron chi connectivity index (χ0n) is 15.0. The van der Waals surface area contributed by atoms with E-state index in [-0.39, 0.29) is 22.1 Å². The number of para-hydroxylation sites is 1. The summed E-state index contributed by atoms with van der Waals surface area (Å²) >= 11 is 0. The molecule has 0 radical (unpaired) electrons. The Balaban J connectivity index is 2.27. The van der Waals surface area contributed by atoms with Crippen LogP contribution in [0.2, 0.25) is 0 Å². The van der Waals surface area contributed by atoms with Crippen LogP contribution in [0, 0.1) is 0 Å². The first-order valence-electron chi connectivity index (χ1n) is 8.50. The fourth-order valence-corrected chi connectivity index (χ4v) is 3.52. The third-order valence-electron chi connectivity index (χ3n) is 4.19. The van der Waals surface area contributed by atoms with E-state index < -0.39 is 10.0 Å². The zero-order chi connectivity index (χ0) is 19.2. The van der Waals surface area contributed by atoms with Gasteiger partial charge in [-0.25, -0.2) is 8.42 Å². The number of carbonyl (C=O) groups is 1. The second-order valence-electron chi connectivity index (χ2n) is 6.03. The molecule has 0 heterocycles. The Morgan fingerprint density at radius 3 is 2.42 bits per heavy atom. The largest absolute Gasteiger partial charge is 0.349 e. The summed E-state index contributed by atoms with van der Waals surface area (Å²) in [7, 11) is -3.79. The molecule has 1 atom stereocenters. The molecule has 26 heavy (non-hydrogen) atoms. The molecule has 1 amide bonds. The van der Waals surface area contributed by atoms with E-state index in [0.717, 1.165) is 12.0 Å². The van der Waals surface area contributed by atoms with Gasteiger partial charge in [-0.1, -0.05) is 44.2 Å². The Bertz CT molecular complexity index is 874. The van der Waals surface area contributed by atoms with Crippen LogP contribution in [-0.4, -0.2) is 20.9 Å². The minimum Gasteiger partial charge on any atom is -0.349 e. The molecule has 5 nitrogen and oxygen atoms in total. The van der Waals surface area contributed by atoms with Crippen LogP contribution in [-0.2, 0) is 10.0 Å². The van der Waals surface area contributed by atoms with Gasteiger partial charge < -0.3 is 5.32 Å². The van der Waals surface area contributed by atoms with Gasteiger partial charge in [-0.3, -0.25) is 9.52 Å². The lowest BCUT2D eigenvalue weighted by Gasteiger charge is -2.13. The molecule has 0 aliphatic heterocycles. The van der Waals surface area contributed by atoms with Gasteiger partial charge in [0.05, 0.1) is 16.1 Å². The molecule has 138 valence electrons. The Labute approximate surface area is 155 Å². The first-order valence-corrected chi connectivity index (χ1v) is 9.98. The van der Waals surface area contributed by atoms with E-state index in [9.17, 15) is 13.2 Å². The van der Waals surface area contributed by atoms with Crippen molar-refractivity contribution in [2.24, 2.45) is 0 Å². The Hall–Kier alpha value is -2.60. The summed E-state index contributed by atoms with van der Waals surface area (Å²) < 4.78 is 27.9. The van der Waals surface area contributed by atoms with Crippen LogP contribution in [0.3, 0.4) is 0 Å². The maximum Gasteiger partial charge on any atom is 0.261 e. The first kappa shape index (κ1) is 19.7. The third kappa shape index (κ3) is 4.73. The molecule has 6 heteroatoms. The summed E-state index contributed by atoms with van der Waals surface area (Å²) in [6, 6.07) is 13.3. The zero-order valence-corrected chi connectivity index (χ0v) is 15.8. The van der Waals surface area contributed by atoms with Crippen LogP contribution in [0.5, 0.6) is 0 Å². The van der Waals surface area contributed by atoms with Crippen LogP contribution < -0.4 is 10.0 Å². The van der Waals surface area contributed by atoms with Crippen LogP contribution in [0.4, 0.5) is 5.69 Å². The fraction of sp³-hybridized carbons (Fsp3) is 0.250. The predicted molar refractivity (Wildman–Crippen MR) is 105 cm³/mol. The molecule has 0 aliphatic rings. The molecule has 2 aromatic carbocycles. The Morgan fingerprint density at radius 2 is 1.81 bits per heavy atom. The summed E-state index contributed by atoms with van der Waals surface area (Å²) in [6.45, 7) is 8.04. The number of nitrogens with one attached hydrogen (secondary N) is 2. The number of sulfonamides is 1. The number of carbonyl (C=O) groups excluding carboxylic acids is 1. The molecule has 0 saturated heterocycles. The van der Waals surface area contributed by atoms with E-state index >= 15 is 0 Å². The van der Waals surface area contributed by atoms with Crippen molar-refractivity contribution in [1.82, 2.24) is 5.32 Å². The molecule has 0 bridgehead atoms. The molecule has 2 N–H and O–H groups in total. The predicted octanol–water partition coefficient (Wildman–Crippen LogP) is 3.92. The summed E-state index contributed by atoms with van der Waals surface area (Å²) in [5, 5.41) is 2.65. The van der Waals surface area contributed by atoms with Gasteiger partial charge in [0.25, 0.3) is 15.9 Å².